The lowest BCUT2D eigenvalue weighted by molar-refractivity contribution is 0.0729. The van der Waals surface area contributed by atoms with E-state index in [1.807, 2.05) is 45.0 Å². The van der Waals surface area contributed by atoms with E-state index in [4.69, 9.17) is 5.73 Å². The van der Waals surface area contributed by atoms with Crippen LogP contribution in [0.1, 0.15) is 24.2 Å². The number of nitrogens with two attached hydrogens (primary N) is 1. The summed E-state index contributed by atoms with van der Waals surface area (Å²) in [5.74, 6) is -0.0214. The molecule has 1 aromatic rings. The van der Waals surface area contributed by atoms with Crippen molar-refractivity contribution in [1.29, 1.82) is 0 Å². The lowest BCUT2D eigenvalue weighted by Gasteiger charge is -2.26. The van der Waals surface area contributed by atoms with E-state index in [0.717, 1.165) is 5.69 Å². The van der Waals surface area contributed by atoms with Crippen molar-refractivity contribution in [3.8, 4) is 0 Å². The highest BCUT2D eigenvalue weighted by Crippen LogP contribution is 2.23. The third-order valence-electron chi connectivity index (χ3n) is 2.97. The zero-order chi connectivity index (χ0) is 14.6. The molecule has 0 fully saturated rings. The number of hydrogen-bond acceptors (Lipinski definition) is 3. The molecule has 0 aliphatic carbocycles. The number of hydrogen-bond donors (Lipinski definition) is 1. The molecule has 0 unspecified atom stereocenters. The van der Waals surface area contributed by atoms with Crippen molar-refractivity contribution in [3.63, 3.8) is 0 Å². The van der Waals surface area contributed by atoms with Gasteiger partial charge in [-0.3, -0.25) is 4.79 Å². The maximum Gasteiger partial charge on any atom is 0.254 e. The Morgan fingerprint density at radius 2 is 2.05 bits per heavy atom. The highest BCUT2D eigenvalue weighted by Gasteiger charge is 2.18. The van der Waals surface area contributed by atoms with Crippen molar-refractivity contribution in [1.82, 2.24) is 4.90 Å². The number of nitrogen functional groups attached to an aromatic ring is 1. The second kappa shape index (κ2) is 6.27. The van der Waals surface area contributed by atoms with Gasteiger partial charge in [0.25, 0.3) is 5.91 Å². The van der Waals surface area contributed by atoms with Crippen LogP contribution in [0.2, 0.25) is 0 Å². The van der Waals surface area contributed by atoms with E-state index >= 15 is 0 Å². The van der Waals surface area contributed by atoms with E-state index in [-0.39, 0.29) is 11.9 Å². The molecule has 0 bridgehead atoms. The summed E-state index contributed by atoms with van der Waals surface area (Å²) < 4.78 is 0. The first kappa shape index (κ1) is 15.1. The zero-order valence-electron chi connectivity index (χ0n) is 12.2. The van der Waals surface area contributed by atoms with Crippen LogP contribution < -0.4 is 10.6 Å². The van der Waals surface area contributed by atoms with Gasteiger partial charge in [0.2, 0.25) is 0 Å². The van der Waals surface area contributed by atoms with Crippen molar-refractivity contribution in [3.05, 3.63) is 36.4 Å². The largest absolute Gasteiger partial charge is 0.397 e. The van der Waals surface area contributed by atoms with Gasteiger partial charge in [-0.25, -0.2) is 0 Å². The molecule has 0 saturated carbocycles. The van der Waals surface area contributed by atoms with Gasteiger partial charge in [0.15, 0.2) is 0 Å². The van der Waals surface area contributed by atoms with Gasteiger partial charge in [-0.2, -0.15) is 0 Å². The number of carbonyl (C=O) groups is 1. The number of rotatable bonds is 5. The Balaban J connectivity index is 3.05. The number of carbonyl (C=O) groups excluding carboxylic acids is 1. The fourth-order valence-corrected chi connectivity index (χ4v) is 1.93. The van der Waals surface area contributed by atoms with E-state index in [2.05, 4.69) is 6.58 Å². The van der Waals surface area contributed by atoms with Gasteiger partial charge in [-0.15, -0.1) is 6.58 Å². The summed E-state index contributed by atoms with van der Waals surface area (Å²) in [5.41, 5.74) is 8.11. The Morgan fingerprint density at radius 3 is 2.47 bits per heavy atom. The lowest BCUT2D eigenvalue weighted by atomic mass is 10.1. The summed E-state index contributed by atoms with van der Waals surface area (Å²) in [5, 5.41) is 0. The van der Waals surface area contributed by atoms with Gasteiger partial charge >= 0.3 is 0 Å². The van der Waals surface area contributed by atoms with Crippen molar-refractivity contribution >= 4 is 17.3 Å². The van der Waals surface area contributed by atoms with Crippen LogP contribution in [0.15, 0.2) is 30.9 Å². The van der Waals surface area contributed by atoms with Gasteiger partial charge in [0.05, 0.1) is 11.4 Å². The number of benzene rings is 1. The molecule has 1 amide bonds. The molecule has 104 valence electrons. The first-order valence-corrected chi connectivity index (χ1v) is 6.37. The number of nitrogens with zero attached hydrogens (tertiary/aromatic N) is 2. The third kappa shape index (κ3) is 3.50. The van der Waals surface area contributed by atoms with Crippen molar-refractivity contribution in [2.45, 2.75) is 19.9 Å². The normalized spacial score (nSPS) is 10.4. The third-order valence-corrected chi connectivity index (χ3v) is 2.97. The summed E-state index contributed by atoms with van der Waals surface area (Å²) in [6, 6.07) is 5.54. The molecule has 1 aromatic carbocycles. The fourth-order valence-electron chi connectivity index (χ4n) is 1.93. The second-order valence-corrected chi connectivity index (χ2v) is 5.01. The van der Waals surface area contributed by atoms with Crippen molar-refractivity contribution < 1.29 is 4.79 Å². The molecule has 0 saturated heterocycles. The topological polar surface area (TPSA) is 49.6 Å². The van der Waals surface area contributed by atoms with Crippen LogP contribution in [0.5, 0.6) is 0 Å². The molecule has 0 heterocycles. The van der Waals surface area contributed by atoms with Crippen LogP contribution in [0.25, 0.3) is 0 Å². The van der Waals surface area contributed by atoms with E-state index in [0.29, 0.717) is 17.8 Å². The molecular formula is C15H23N3O. The van der Waals surface area contributed by atoms with E-state index in [1.54, 1.807) is 17.0 Å². The van der Waals surface area contributed by atoms with Crippen molar-refractivity contribution in [2.24, 2.45) is 0 Å². The zero-order valence-corrected chi connectivity index (χ0v) is 12.2. The maximum atomic E-state index is 12.4. The van der Waals surface area contributed by atoms with E-state index < -0.39 is 0 Å². The molecule has 1 rings (SSSR count). The Bertz CT molecular complexity index is 466. The molecule has 0 atom stereocenters. The predicted octanol–water partition coefficient (Wildman–Crippen LogP) is 2.37. The maximum absolute atomic E-state index is 12.4. The van der Waals surface area contributed by atoms with Crippen LogP contribution in [-0.2, 0) is 0 Å². The number of anilines is 2. The Hall–Kier alpha value is -1.97. The summed E-state index contributed by atoms with van der Waals surface area (Å²) in [4.78, 5) is 16.1. The first-order valence-electron chi connectivity index (χ1n) is 6.37. The van der Waals surface area contributed by atoms with Crippen LogP contribution in [-0.4, -0.2) is 37.5 Å². The summed E-state index contributed by atoms with van der Waals surface area (Å²) >= 11 is 0. The monoisotopic (exact) mass is 261 g/mol. The first-order chi connectivity index (χ1) is 8.88. The summed E-state index contributed by atoms with van der Waals surface area (Å²) in [7, 11) is 3.84. The van der Waals surface area contributed by atoms with Crippen LogP contribution in [0, 0.1) is 0 Å². The van der Waals surface area contributed by atoms with E-state index in [1.165, 1.54) is 0 Å². The molecule has 0 spiro atoms. The summed E-state index contributed by atoms with van der Waals surface area (Å²) in [6.07, 6.45) is 1.73. The smallest absolute Gasteiger partial charge is 0.254 e. The Morgan fingerprint density at radius 1 is 1.42 bits per heavy atom. The molecule has 4 heteroatoms. The van der Waals surface area contributed by atoms with Gasteiger partial charge in [0.1, 0.15) is 0 Å². The van der Waals surface area contributed by atoms with Crippen molar-refractivity contribution in [2.75, 3.05) is 31.3 Å². The van der Waals surface area contributed by atoms with Crippen LogP contribution in [0.3, 0.4) is 0 Å². The van der Waals surface area contributed by atoms with Crippen LogP contribution >= 0.6 is 0 Å². The Labute approximate surface area is 115 Å². The van der Waals surface area contributed by atoms with Gasteiger partial charge in [-0.1, -0.05) is 6.08 Å². The molecule has 2 N–H and O–H groups in total. The molecule has 0 aromatic heterocycles. The second-order valence-electron chi connectivity index (χ2n) is 5.01. The predicted molar refractivity (Wildman–Crippen MR) is 81.6 cm³/mol. The Kier molecular flexibility index (Phi) is 4.98. The average molecular weight is 261 g/mol. The molecule has 0 radical (unpaired) electrons. The number of amides is 1. The lowest BCUT2D eigenvalue weighted by Crippen LogP contribution is -2.37. The molecular weight excluding hydrogens is 238 g/mol. The van der Waals surface area contributed by atoms with Gasteiger partial charge in [0, 0.05) is 32.2 Å². The van der Waals surface area contributed by atoms with Gasteiger partial charge < -0.3 is 15.5 Å². The SMILES string of the molecule is C=CCN(C(=O)c1ccc(N(C)C)c(N)c1)C(C)C. The minimum atomic E-state index is -0.0214. The average Bonchev–Trinajstić information content (AvgIpc) is 2.34. The fraction of sp³-hybridized carbons (Fsp3) is 0.400. The van der Waals surface area contributed by atoms with Crippen LogP contribution in [0.4, 0.5) is 11.4 Å². The summed E-state index contributed by atoms with van der Waals surface area (Å²) in [6.45, 7) is 8.19. The quantitative estimate of drug-likeness (QED) is 0.654. The molecule has 4 nitrogen and oxygen atoms in total. The highest BCUT2D eigenvalue weighted by atomic mass is 16.2. The molecule has 0 aliphatic rings. The highest BCUT2D eigenvalue weighted by molar-refractivity contribution is 5.96. The minimum Gasteiger partial charge on any atom is -0.397 e. The molecule has 19 heavy (non-hydrogen) atoms. The molecule has 0 aliphatic heterocycles. The standard InChI is InChI=1S/C15H23N3O/c1-6-9-18(11(2)3)15(19)12-7-8-14(17(4)5)13(16)10-12/h6-8,10-11H,1,9,16H2,2-5H3. The minimum absolute atomic E-state index is 0.0214. The van der Waals surface area contributed by atoms with E-state index in [9.17, 15) is 4.79 Å². The van der Waals surface area contributed by atoms with Gasteiger partial charge in [-0.05, 0) is 32.0 Å².